The Kier molecular flexibility index (Phi) is 2.70. The maximum absolute atomic E-state index is 5.47. The molecule has 0 saturated heterocycles. The van der Waals surface area contributed by atoms with Gasteiger partial charge in [0, 0.05) is 18.3 Å². The summed E-state index contributed by atoms with van der Waals surface area (Å²) < 4.78 is 15.1. The minimum Gasteiger partial charge on any atom is -0.454 e. The summed E-state index contributed by atoms with van der Waals surface area (Å²) in [5.74, 6) is 2.46. The Morgan fingerprint density at radius 1 is 1.08 bits per heavy atom. The first-order valence-corrected chi connectivity index (χ1v) is 7.82. The van der Waals surface area contributed by atoms with Gasteiger partial charge in [-0.1, -0.05) is 18.2 Å². The highest BCUT2D eigenvalue weighted by Gasteiger charge is 2.17. The van der Waals surface area contributed by atoms with E-state index in [1.54, 1.807) is 0 Å². The third-order valence-electron chi connectivity index (χ3n) is 4.34. The number of hydrogen-bond donors (Lipinski definition) is 0. The molecule has 2 aromatic carbocycles. The fourth-order valence-corrected chi connectivity index (χ4v) is 3.25. The van der Waals surface area contributed by atoms with E-state index in [9.17, 15) is 0 Å². The standard InChI is InChI=1S/C19H15N3O2/c1-2-9-21-15-5-3-4-6-16(15)22-11-14(20-19(21)22)13-7-8-17-18(10-13)24-12-23-17/h2-8,10-11H,1,9,12H2. The molecule has 0 unspecified atom stereocenters. The molecule has 2 aromatic heterocycles. The SMILES string of the molecule is C=CCn1c2ccccc2n2cc(-c3ccc4c(c3)OCO4)nc12. The zero-order chi connectivity index (χ0) is 16.1. The van der Waals surface area contributed by atoms with Crippen molar-refractivity contribution in [2.75, 3.05) is 6.79 Å². The van der Waals surface area contributed by atoms with Crippen LogP contribution in [0.15, 0.2) is 61.3 Å². The lowest BCUT2D eigenvalue weighted by molar-refractivity contribution is 0.174. The Morgan fingerprint density at radius 3 is 2.79 bits per heavy atom. The molecule has 3 heterocycles. The van der Waals surface area contributed by atoms with Gasteiger partial charge >= 0.3 is 0 Å². The summed E-state index contributed by atoms with van der Waals surface area (Å²) in [4.78, 5) is 4.85. The third-order valence-corrected chi connectivity index (χ3v) is 4.34. The molecule has 0 N–H and O–H groups in total. The van der Waals surface area contributed by atoms with Crippen LogP contribution in [-0.2, 0) is 6.54 Å². The van der Waals surface area contributed by atoms with Crippen molar-refractivity contribution >= 4 is 16.8 Å². The average Bonchev–Trinajstić information content (AvgIpc) is 3.30. The van der Waals surface area contributed by atoms with Crippen LogP contribution in [0, 0.1) is 0 Å². The summed E-state index contributed by atoms with van der Waals surface area (Å²) in [5, 5.41) is 0. The summed E-state index contributed by atoms with van der Waals surface area (Å²) in [7, 11) is 0. The number of benzene rings is 2. The highest BCUT2D eigenvalue weighted by molar-refractivity contribution is 5.82. The predicted octanol–water partition coefficient (Wildman–Crippen LogP) is 3.87. The van der Waals surface area contributed by atoms with Gasteiger partial charge in [-0.25, -0.2) is 4.98 Å². The molecule has 0 bridgehead atoms. The van der Waals surface area contributed by atoms with E-state index in [1.807, 2.05) is 36.4 Å². The summed E-state index contributed by atoms with van der Waals surface area (Å²) >= 11 is 0. The Hall–Kier alpha value is -3.21. The van der Waals surface area contributed by atoms with Crippen molar-refractivity contribution in [2.24, 2.45) is 0 Å². The molecule has 5 heteroatoms. The molecule has 5 nitrogen and oxygen atoms in total. The van der Waals surface area contributed by atoms with Crippen LogP contribution >= 0.6 is 0 Å². The van der Waals surface area contributed by atoms with Crippen molar-refractivity contribution in [3.8, 4) is 22.8 Å². The first kappa shape index (κ1) is 13.2. The molecule has 5 rings (SSSR count). The molecule has 118 valence electrons. The van der Waals surface area contributed by atoms with Crippen molar-refractivity contribution in [2.45, 2.75) is 6.54 Å². The van der Waals surface area contributed by atoms with Gasteiger partial charge in [-0.05, 0) is 30.3 Å². The van der Waals surface area contributed by atoms with Crippen LogP contribution in [-0.4, -0.2) is 20.7 Å². The van der Waals surface area contributed by atoms with Gasteiger partial charge in [0.1, 0.15) is 0 Å². The second kappa shape index (κ2) is 4.89. The molecule has 0 spiro atoms. The van der Waals surface area contributed by atoms with E-state index in [1.165, 1.54) is 0 Å². The molecule has 1 aliphatic rings. The van der Waals surface area contributed by atoms with Gasteiger partial charge in [0.15, 0.2) is 11.5 Å². The zero-order valence-corrected chi connectivity index (χ0v) is 13.0. The molecule has 4 aromatic rings. The Labute approximate surface area is 138 Å². The molecule has 24 heavy (non-hydrogen) atoms. The van der Waals surface area contributed by atoms with Gasteiger partial charge in [-0.2, -0.15) is 0 Å². The maximum atomic E-state index is 5.47. The van der Waals surface area contributed by atoms with E-state index in [0.29, 0.717) is 6.54 Å². The van der Waals surface area contributed by atoms with Crippen LogP contribution in [0.2, 0.25) is 0 Å². The van der Waals surface area contributed by atoms with Crippen LogP contribution in [0.5, 0.6) is 11.5 Å². The normalized spacial score (nSPS) is 13.0. The Balaban J connectivity index is 1.73. The average molecular weight is 317 g/mol. The minimum atomic E-state index is 0.277. The lowest BCUT2D eigenvalue weighted by Gasteiger charge is -2.01. The number of allylic oxidation sites excluding steroid dienone is 1. The highest BCUT2D eigenvalue weighted by atomic mass is 16.7. The fourth-order valence-electron chi connectivity index (χ4n) is 3.25. The Morgan fingerprint density at radius 2 is 1.92 bits per heavy atom. The smallest absolute Gasteiger partial charge is 0.231 e. The quantitative estimate of drug-likeness (QED) is 0.539. The van der Waals surface area contributed by atoms with Gasteiger partial charge in [-0.15, -0.1) is 6.58 Å². The van der Waals surface area contributed by atoms with Gasteiger partial charge in [0.05, 0.1) is 16.7 Å². The minimum absolute atomic E-state index is 0.277. The van der Waals surface area contributed by atoms with Crippen molar-refractivity contribution in [1.29, 1.82) is 0 Å². The molecule has 0 radical (unpaired) electrons. The molecule has 0 fully saturated rings. The highest BCUT2D eigenvalue weighted by Crippen LogP contribution is 2.36. The number of nitrogens with zero attached hydrogens (tertiary/aromatic N) is 3. The van der Waals surface area contributed by atoms with Crippen molar-refractivity contribution in [3.05, 3.63) is 61.3 Å². The van der Waals surface area contributed by atoms with E-state index in [0.717, 1.165) is 39.6 Å². The van der Waals surface area contributed by atoms with E-state index >= 15 is 0 Å². The second-order valence-corrected chi connectivity index (χ2v) is 5.75. The molecular formula is C19H15N3O2. The van der Waals surface area contributed by atoms with Crippen LogP contribution in [0.4, 0.5) is 0 Å². The van der Waals surface area contributed by atoms with Crippen molar-refractivity contribution in [1.82, 2.24) is 14.0 Å². The maximum Gasteiger partial charge on any atom is 0.231 e. The number of hydrogen-bond acceptors (Lipinski definition) is 3. The van der Waals surface area contributed by atoms with Gasteiger partial charge in [-0.3, -0.25) is 4.40 Å². The largest absolute Gasteiger partial charge is 0.454 e. The topological polar surface area (TPSA) is 40.7 Å². The first-order chi connectivity index (χ1) is 11.8. The van der Waals surface area contributed by atoms with E-state index in [-0.39, 0.29) is 6.79 Å². The van der Waals surface area contributed by atoms with Gasteiger partial charge in [0.2, 0.25) is 12.6 Å². The van der Waals surface area contributed by atoms with Crippen LogP contribution in [0.3, 0.4) is 0 Å². The second-order valence-electron chi connectivity index (χ2n) is 5.75. The van der Waals surface area contributed by atoms with Crippen molar-refractivity contribution in [3.63, 3.8) is 0 Å². The Bertz CT molecular complexity index is 1090. The van der Waals surface area contributed by atoms with Gasteiger partial charge < -0.3 is 14.0 Å². The summed E-state index contributed by atoms with van der Waals surface area (Å²) in [6.07, 6.45) is 3.95. The van der Waals surface area contributed by atoms with Gasteiger partial charge in [0.25, 0.3) is 0 Å². The first-order valence-electron chi connectivity index (χ1n) is 7.82. The molecule has 0 atom stereocenters. The molecule has 1 aliphatic heterocycles. The number of fused-ring (bicyclic) bond motifs is 4. The van der Waals surface area contributed by atoms with Crippen LogP contribution in [0.1, 0.15) is 0 Å². The van der Waals surface area contributed by atoms with E-state index in [4.69, 9.17) is 14.5 Å². The molecule has 0 aliphatic carbocycles. The van der Waals surface area contributed by atoms with E-state index < -0.39 is 0 Å². The van der Waals surface area contributed by atoms with Crippen LogP contribution < -0.4 is 9.47 Å². The third kappa shape index (κ3) is 1.78. The number of ether oxygens (including phenoxy) is 2. The fraction of sp³-hybridized carbons (Fsp3) is 0.105. The zero-order valence-electron chi connectivity index (χ0n) is 13.0. The lowest BCUT2D eigenvalue weighted by atomic mass is 10.1. The van der Waals surface area contributed by atoms with Crippen LogP contribution in [0.25, 0.3) is 28.1 Å². The monoisotopic (exact) mass is 317 g/mol. The summed E-state index contributed by atoms with van der Waals surface area (Å²) in [6, 6.07) is 14.2. The molecular weight excluding hydrogens is 302 g/mol. The number of rotatable bonds is 3. The lowest BCUT2D eigenvalue weighted by Crippen LogP contribution is -1.95. The number of aromatic nitrogens is 3. The summed E-state index contributed by atoms with van der Waals surface area (Å²) in [5.41, 5.74) is 4.20. The molecule has 0 saturated carbocycles. The van der Waals surface area contributed by atoms with Crippen molar-refractivity contribution < 1.29 is 9.47 Å². The summed E-state index contributed by atoms with van der Waals surface area (Å²) in [6.45, 7) is 4.86. The van der Waals surface area contributed by atoms with E-state index in [2.05, 4.69) is 33.9 Å². The molecule has 0 amide bonds. The number of para-hydroxylation sites is 2. The predicted molar refractivity (Wildman–Crippen MR) is 92.4 cm³/mol. The number of imidazole rings is 2.